The molecule has 0 saturated heterocycles. The molecule has 0 aliphatic carbocycles. The number of halogens is 4. The summed E-state index contributed by atoms with van der Waals surface area (Å²) < 4.78 is 42.0. The predicted molar refractivity (Wildman–Crippen MR) is 52.1 cm³/mol. The van der Waals surface area contributed by atoms with Gasteiger partial charge in [0.2, 0.25) is 0 Å². The van der Waals surface area contributed by atoms with Crippen LogP contribution in [0.5, 0.6) is 0 Å². The third kappa shape index (κ3) is 2.66. The molecule has 1 rings (SSSR count). The van der Waals surface area contributed by atoms with Crippen molar-refractivity contribution in [3.05, 3.63) is 35.4 Å². The Balaban J connectivity index is 3.19. The Morgan fingerprint density at radius 3 is 2.44 bits per heavy atom. The number of ether oxygens (including phenoxy) is 1. The van der Waals surface area contributed by atoms with Gasteiger partial charge in [-0.2, -0.15) is 13.2 Å². The molecule has 0 aliphatic heterocycles. The van der Waals surface area contributed by atoms with Crippen LogP contribution in [-0.2, 0) is 15.7 Å². The molecule has 0 aliphatic rings. The summed E-state index contributed by atoms with van der Waals surface area (Å²) in [4.78, 5) is 11.1. The van der Waals surface area contributed by atoms with Crippen LogP contribution in [0.2, 0.25) is 0 Å². The van der Waals surface area contributed by atoms with Crippen molar-refractivity contribution in [3.63, 3.8) is 0 Å². The Labute approximate surface area is 95.0 Å². The molecule has 0 unspecified atom stereocenters. The van der Waals surface area contributed by atoms with Crippen LogP contribution < -0.4 is 0 Å². The fourth-order valence-electron chi connectivity index (χ4n) is 1.21. The van der Waals surface area contributed by atoms with Gasteiger partial charge in [-0.15, -0.1) is 11.6 Å². The van der Waals surface area contributed by atoms with Crippen molar-refractivity contribution in [2.24, 2.45) is 0 Å². The first kappa shape index (κ1) is 12.8. The Morgan fingerprint density at radius 1 is 1.38 bits per heavy atom. The molecule has 0 radical (unpaired) electrons. The van der Waals surface area contributed by atoms with Gasteiger partial charge in [0, 0.05) is 0 Å². The quantitative estimate of drug-likeness (QED) is 0.597. The highest BCUT2D eigenvalue weighted by atomic mass is 35.5. The lowest BCUT2D eigenvalue weighted by Crippen LogP contribution is -2.15. The topological polar surface area (TPSA) is 26.3 Å². The first-order valence-electron chi connectivity index (χ1n) is 4.26. The number of methoxy groups -OCH3 is 1. The first-order valence-corrected chi connectivity index (χ1v) is 4.69. The highest BCUT2D eigenvalue weighted by molar-refractivity contribution is 6.30. The maximum atomic E-state index is 12.6. The summed E-state index contributed by atoms with van der Waals surface area (Å²) in [5.74, 6) is -0.918. The van der Waals surface area contributed by atoms with E-state index in [0.29, 0.717) is 0 Å². The van der Waals surface area contributed by atoms with Crippen LogP contribution in [0.3, 0.4) is 0 Å². The SMILES string of the molecule is COC(=O)[C@H](Cl)c1ccccc1C(F)(F)F. The number of carbonyl (C=O) groups is 1. The zero-order valence-corrected chi connectivity index (χ0v) is 8.97. The minimum Gasteiger partial charge on any atom is -0.468 e. The molecule has 0 bridgehead atoms. The molecule has 1 aromatic carbocycles. The lowest BCUT2D eigenvalue weighted by molar-refractivity contribution is -0.142. The zero-order valence-electron chi connectivity index (χ0n) is 8.22. The van der Waals surface area contributed by atoms with Crippen molar-refractivity contribution in [3.8, 4) is 0 Å². The van der Waals surface area contributed by atoms with E-state index in [1.54, 1.807) is 0 Å². The Bertz CT molecular complexity index is 390. The van der Waals surface area contributed by atoms with E-state index in [-0.39, 0.29) is 5.56 Å². The second-order valence-electron chi connectivity index (χ2n) is 2.97. The standard InChI is InChI=1S/C10H8ClF3O2/c1-16-9(15)8(11)6-4-2-3-5-7(6)10(12,13)14/h2-5,8H,1H3/t8-/m1/s1. The average molecular weight is 253 g/mol. The van der Waals surface area contributed by atoms with E-state index >= 15 is 0 Å². The number of alkyl halides is 4. The summed E-state index contributed by atoms with van der Waals surface area (Å²) in [6.45, 7) is 0. The Hall–Kier alpha value is -1.23. The zero-order chi connectivity index (χ0) is 12.3. The van der Waals surface area contributed by atoms with Gasteiger partial charge in [0.25, 0.3) is 0 Å². The normalized spacial score (nSPS) is 13.3. The summed E-state index contributed by atoms with van der Waals surface area (Å²) >= 11 is 5.59. The van der Waals surface area contributed by atoms with Gasteiger partial charge in [-0.05, 0) is 11.6 Å². The number of hydrogen-bond donors (Lipinski definition) is 0. The van der Waals surface area contributed by atoms with Gasteiger partial charge < -0.3 is 4.74 Å². The van der Waals surface area contributed by atoms with Crippen LogP contribution in [-0.4, -0.2) is 13.1 Å². The molecule has 2 nitrogen and oxygen atoms in total. The van der Waals surface area contributed by atoms with Crippen molar-refractivity contribution >= 4 is 17.6 Å². The van der Waals surface area contributed by atoms with E-state index in [0.717, 1.165) is 19.2 Å². The summed E-state index contributed by atoms with van der Waals surface area (Å²) in [5, 5.41) is -1.46. The minimum absolute atomic E-state index is 0.302. The summed E-state index contributed by atoms with van der Waals surface area (Å²) in [7, 11) is 1.06. The molecule has 88 valence electrons. The third-order valence-electron chi connectivity index (χ3n) is 1.95. The number of esters is 1. The molecule has 16 heavy (non-hydrogen) atoms. The largest absolute Gasteiger partial charge is 0.468 e. The van der Waals surface area contributed by atoms with Gasteiger partial charge in [-0.1, -0.05) is 18.2 Å². The molecule has 1 aromatic rings. The van der Waals surface area contributed by atoms with Crippen LogP contribution in [0, 0.1) is 0 Å². The van der Waals surface area contributed by atoms with Crippen LogP contribution in [0.4, 0.5) is 13.2 Å². The monoisotopic (exact) mass is 252 g/mol. The second-order valence-corrected chi connectivity index (χ2v) is 3.41. The molecular weight excluding hydrogens is 245 g/mol. The molecule has 0 N–H and O–H groups in total. The van der Waals surface area contributed by atoms with E-state index in [2.05, 4.69) is 4.74 Å². The van der Waals surface area contributed by atoms with E-state index in [4.69, 9.17) is 11.6 Å². The summed E-state index contributed by atoms with van der Waals surface area (Å²) in [5.41, 5.74) is -1.23. The van der Waals surface area contributed by atoms with Crippen LogP contribution in [0.15, 0.2) is 24.3 Å². The smallest absolute Gasteiger partial charge is 0.416 e. The van der Waals surface area contributed by atoms with Crippen molar-refractivity contribution in [2.75, 3.05) is 7.11 Å². The summed E-state index contributed by atoms with van der Waals surface area (Å²) in [6.07, 6.45) is -4.54. The molecule has 0 aromatic heterocycles. The Morgan fingerprint density at radius 2 is 1.94 bits per heavy atom. The Kier molecular flexibility index (Phi) is 3.80. The lowest BCUT2D eigenvalue weighted by atomic mass is 10.0. The van der Waals surface area contributed by atoms with Crippen molar-refractivity contribution in [1.82, 2.24) is 0 Å². The van der Waals surface area contributed by atoms with Gasteiger partial charge in [-0.3, -0.25) is 4.79 Å². The van der Waals surface area contributed by atoms with Crippen molar-refractivity contribution in [2.45, 2.75) is 11.6 Å². The predicted octanol–water partition coefficient (Wildman–Crippen LogP) is 3.16. The van der Waals surface area contributed by atoms with Gasteiger partial charge in [0.1, 0.15) is 0 Å². The minimum atomic E-state index is -4.54. The van der Waals surface area contributed by atoms with E-state index < -0.39 is 23.1 Å². The average Bonchev–Trinajstić information content (AvgIpc) is 2.26. The van der Waals surface area contributed by atoms with Gasteiger partial charge in [0.15, 0.2) is 5.38 Å². The maximum absolute atomic E-state index is 12.6. The van der Waals surface area contributed by atoms with Gasteiger partial charge in [-0.25, -0.2) is 0 Å². The number of rotatable bonds is 2. The molecule has 6 heteroatoms. The van der Waals surface area contributed by atoms with Gasteiger partial charge in [0.05, 0.1) is 12.7 Å². The highest BCUT2D eigenvalue weighted by Gasteiger charge is 2.36. The van der Waals surface area contributed by atoms with Crippen LogP contribution in [0.1, 0.15) is 16.5 Å². The molecule has 0 spiro atoms. The molecule has 0 heterocycles. The van der Waals surface area contributed by atoms with Crippen LogP contribution >= 0.6 is 11.6 Å². The number of carbonyl (C=O) groups excluding carboxylic acids is 1. The second kappa shape index (κ2) is 4.74. The van der Waals surface area contributed by atoms with E-state index in [1.807, 2.05) is 0 Å². The summed E-state index contributed by atoms with van der Waals surface area (Å²) in [6, 6.07) is 4.63. The molecule has 0 amide bonds. The number of hydrogen-bond acceptors (Lipinski definition) is 2. The molecule has 0 saturated carbocycles. The first-order chi connectivity index (χ1) is 7.38. The third-order valence-corrected chi connectivity index (χ3v) is 2.36. The van der Waals surface area contributed by atoms with E-state index in [9.17, 15) is 18.0 Å². The maximum Gasteiger partial charge on any atom is 0.416 e. The van der Waals surface area contributed by atoms with Gasteiger partial charge >= 0.3 is 12.1 Å². The molecular formula is C10H8ClF3O2. The fraction of sp³-hybridized carbons (Fsp3) is 0.300. The molecule has 0 fully saturated rings. The van der Waals surface area contributed by atoms with E-state index in [1.165, 1.54) is 12.1 Å². The highest BCUT2D eigenvalue weighted by Crippen LogP contribution is 2.36. The fourth-order valence-corrected chi connectivity index (χ4v) is 1.49. The van der Waals surface area contributed by atoms with Crippen molar-refractivity contribution < 1.29 is 22.7 Å². The number of benzene rings is 1. The lowest BCUT2D eigenvalue weighted by Gasteiger charge is -2.15. The van der Waals surface area contributed by atoms with Crippen molar-refractivity contribution in [1.29, 1.82) is 0 Å². The molecule has 1 atom stereocenters. The van der Waals surface area contributed by atoms with Crippen LogP contribution in [0.25, 0.3) is 0 Å².